The average molecular weight is 408 g/mol. The summed E-state index contributed by atoms with van der Waals surface area (Å²) in [5, 5.41) is 6.07. The Bertz CT molecular complexity index is 847. The van der Waals surface area contributed by atoms with E-state index in [2.05, 4.69) is 10.6 Å². The first-order valence-electron chi connectivity index (χ1n) is 8.07. The molecule has 7 nitrogen and oxygen atoms in total. The maximum absolute atomic E-state index is 12.3. The number of carbonyl (C=O) groups excluding carboxylic acids is 2. The van der Waals surface area contributed by atoms with Crippen molar-refractivity contribution >= 4 is 45.5 Å². The lowest BCUT2D eigenvalue weighted by Gasteiger charge is -2.10. The summed E-state index contributed by atoms with van der Waals surface area (Å²) in [7, 11) is 1.60. The zero-order chi connectivity index (χ0) is 20.0. The van der Waals surface area contributed by atoms with Crippen LogP contribution in [0.3, 0.4) is 0 Å². The van der Waals surface area contributed by atoms with E-state index in [0.717, 1.165) is 10.4 Å². The molecule has 0 spiro atoms. The highest BCUT2D eigenvalue weighted by molar-refractivity contribution is 7.80. The minimum Gasteiger partial charge on any atom is -0.491 e. The van der Waals surface area contributed by atoms with Gasteiger partial charge in [-0.1, -0.05) is 0 Å². The first-order valence-corrected chi connectivity index (χ1v) is 9.30. The van der Waals surface area contributed by atoms with Crippen molar-refractivity contribution in [2.75, 3.05) is 25.6 Å². The molecule has 2 rings (SSSR count). The number of rotatable bonds is 7. The molecule has 2 aromatic rings. The van der Waals surface area contributed by atoms with Gasteiger partial charge in [0.2, 0.25) is 0 Å². The Kier molecular flexibility index (Phi) is 7.28. The highest BCUT2D eigenvalue weighted by Gasteiger charge is 2.18. The van der Waals surface area contributed by atoms with Crippen molar-refractivity contribution < 1.29 is 19.1 Å². The maximum atomic E-state index is 12.3. The topological polar surface area (TPSA) is 103 Å². The number of amides is 2. The van der Waals surface area contributed by atoms with Gasteiger partial charge in [-0.25, -0.2) is 0 Å². The van der Waals surface area contributed by atoms with Crippen LogP contribution in [0.2, 0.25) is 0 Å². The largest absolute Gasteiger partial charge is 0.491 e. The molecule has 0 bridgehead atoms. The van der Waals surface area contributed by atoms with Crippen LogP contribution in [0.4, 0.5) is 5.00 Å². The predicted octanol–water partition coefficient (Wildman–Crippen LogP) is 2.62. The van der Waals surface area contributed by atoms with E-state index in [1.165, 1.54) is 11.3 Å². The number of ether oxygens (including phenoxy) is 2. The second-order valence-corrected chi connectivity index (χ2v) is 7.26. The minimum atomic E-state index is -0.544. The number of primary amides is 1. The Hall–Kier alpha value is -2.49. The number of thiophene rings is 1. The van der Waals surface area contributed by atoms with Crippen molar-refractivity contribution in [1.29, 1.82) is 0 Å². The van der Waals surface area contributed by atoms with Crippen LogP contribution in [-0.4, -0.2) is 37.3 Å². The molecule has 2 amide bonds. The van der Waals surface area contributed by atoms with E-state index in [0.29, 0.717) is 35.1 Å². The standard InChI is InChI=1S/C18H21N3O4S2/c1-10-11(2)27-17(14(10)15(19)22)21-18(26)20-16(23)12-4-6-13(7-5-12)25-9-8-24-3/h4-7H,8-9H2,1-3H3,(H2,19,22)(H2,20,21,23,26). The van der Waals surface area contributed by atoms with E-state index in [1.54, 1.807) is 31.4 Å². The highest BCUT2D eigenvalue weighted by Crippen LogP contribution is 2.31. The molecule has 4 N–H and O–H groups in total. The van der Waals surface area contributed by atoms with E-state index in [-0.39, 0.29) is 11.0 Å². The fourth-order valence-electron chi connectivity index (χ4n) is 2.27. The van der Waals surface area contributed by atoms with Gasteiger partial charge in [-0.3, -0.25) is 14.9 Å². The molecule has 0 aliphatic heterocycles. The van der Waals surface area contributed by atoms with E-state index in [9.17, 15) is 9.59 Å². The first-order chi connectivity index (χ1) is 12.8. The molecule has 0 aliphatic carbocycles. The number of hydrogen-bond donors (Lipinski definition) is 3. The molecular formula is C18H21N3O4S2. The van der Waals surface area contributed by atoms with Gasteiger partial charge in [-0.15, -0.1) is 11.3 Å². The maximum Gasteiger partial charge on any atom is 0.257 e. The third-order valence-corrected chi connectivity index (χ3v) is 5.09. The Balaban J connectivity index is 1.99. The van der Waals surface area contributed by atoms with Crippen LogP contribution in [0.15, 0.2) is 24.3 Å². The van der Waals surface area contributed by atoms with Gasteiger partial charge in [0.25, 0.3) is 11.8 Å². The van der Waals surface area contributed by atoms with Gasteiger partial charge in [-0.05, 0) is 55.9 Å². The molecular weight excluding hydrogens is 386 g/mol. The lowest BCUT2D eigenvalue weighted by atomic mass is 10.1. The lowest BCUT2D eigenvalue weighted by molar-refractivity contribution is 0.0975. The quantitative estimate of drug-likeness (QED) is 0.482. The van der Waals surface area contributed by atoms with Crippen LogP contribution in [-0.2, 0) is 4.74 Å². The van der Waals surface area contributed by atoms with Gasteiger partial charge in [0.1, 0.15) is 17.4 Å². The summed E-state index contributed by atoms with van der Waals surface area (Å²) in [6.45, 7) is 4.61. The molecule has 9 heteroatoms. The van der Waals surface area contributed by atoms with Crippen molar-refractivity contribution in [3.63, 3.8) is 0 Å². The van der Waals surface area contributed by atoms with E-state index in [1.807, 2.05) is 13.8 Å². The zero-order valence-electron chi connectivity index (χ0n) is 15.3. The number of carbonyl (C=O) groups is 2. The third kappa shape index (κ3) is 5.49. The molecule has 0 fully saturated rings. The van der Waals surface area contributed by atoms with Gasteiger partial charge in [0, 0.05) is 17.6 Å². The van der Waals surface area contributed by atoms with Crippen molar-refractivity contribution in [1.82, 2.24) is 5.32 Å². The zero-order valence-corrected chi connectivity index (χ0v) is 16.9. The fraction of sp³-hybridized carbons (Fsp3) is 0.278. The summed E-state index contributed by atoms with van der Waals surface area (Å²) < 4.78 is 10.4. The summed E-state index contributed by atoms with van der Waals surface area (Å²) in [6, 6.07) is 6.65. The molecule has 1 heterocycles. The van der Waals surface area contributed by atoms with Crippen LogP contribution in [0.5, 0.6) is 5.75 Å². The molecule has 144 valence electrons. The monoisotopic (exact) mass is 407 g/mol. The number of aryl methyl sites for hydroxylation is 1. The Labute approximate surface area is 166 Å². The van der Waals surface area contributed by atoms with Gasteiger partial charge < -0.3 is 20.5 Å². The number of benzene rings is 1. The third-order valence-electron chi connectivity index (χ3n) is 3.76. The van der Waals surface area contributed by atoms with Gasteiger partial charge in [-0.2, -0.15) is 0 Å². The SMILES string of the molecule is COCCOc1ccc(C(=O)NC(=S)Nc2sc(C)c(C)c2C(N)=O)cc1. The number of anilines is 1. The molecule has 0 radical (unpaired) electrons. The minimum absolute atomic E-state index is 0.0872. The van der Waals surface area contributed by atoms with E-state index in [4.69, 9.17) is 27.4 Å². The van der Waals surface area contributed by atoms with E-state index >= 15 is 0 Å². The average Bonchev–Trinajstić information content (AvgIpc) is 2.89. The van der Waals surface area contributed by atoms with E-state index < -0.39 is 5.91 Å². The van der Waals surface area contributed by atoms with Crippen molar-refractivity contribution in [2.45, 2.75) is 13.8 Å². The highest BCUT2D eigenvalue weighted by atomic mass is 32.1. The van der Waals surface area contributed by atoms with Crippen LogP contribution in [0.1, 0.15) is 31.2 Å². The van der Waals surface area contributed by atoms with Gasteiger partial charge in [0.05, 0.1) is 12.2 Å². The number of methoxy groups -OCH3 is 1. The first kappa shape index (κ1) is 20.8. The summed E-state index contributed by atoms with van der Waals surface area (Å²) in [6.07, 6.45) is 0. The summed E-state index contributed by atoms with van der Waals surface area (Å²) in [5.74, 6) is -0.279. The van der Waals surface area contributed by atoms with Crippen molar-refractivity contribution in [3.05, 3.63) is 45.8 Å². The molecule has 27 heavy (non-hydrogen) atoms. The van der Waals surface area contributed by atoms with Gasteiger partial charge in [0.15, 0.2) is 5.11 Å². The number of nitrogens with one attached hydrogen (secondary N) is 2. The molecule has 0 aliphatic rings. The smallest absolute Gasteiger partial charge is 0.257 e. The summed E-state index contributed by atoms with van der Waals surface area (Å²) >= 11 is 6.53. The summed E-state index contributed by atoms with van der Waals surface area (Å²) in [4.78, 5) is 24.9. The van der Waals surface area contributed by atoms with Crippen molar-refractivity contribution in [3.8, 4) is 5.75 Å². The van der Waals surface area contributed by atoms with Crippen LogP contribution in [0.25, 0.3) is 0 Å². The predicted molar refractivity (Wildman–Crippen MR) is 110 cm³/mol. The van der Waals surface area contributed by atoms with Gasteiger partial charge >= 0.3 is 0 Å². The van der Waals surface area contributed by atoms with Crippen LogP contribution < -0.4 is 21.1 Å². The summed E-state index contributed by atoms with van der Waals surface area (Å²) in [5.41, 5.74) is 7.04. The molecule has 1 aromatic heterocycles. The van der Waals surface area contributed by atoms with Crippen molar-refractivity contribution in [2.24, 2.45) is 5.73 Å². The number of thiocarbonyl (C=S) groups is 1. The lowest BCUT2D eigenvalue weighted by Crippen LogP contribution is -2.34. The normalized spacial score (nSPS) is 10.3. The number of nitrogens with two attached hydrogens (primary N) is 1. The second-order valence-electron chi connectivity index (χ2n) is 5.63. The fourth-order valence-corrected chi connectivity index (χ4v) is 3.60. The Morgan fingerprint density at radius 3 is 2.44 bits per heavy atom. The Morgan fingerprint density at radius 1 is 1.19 bits per heavy atom. The molecule has 1 aromatic carbocycles. The number of hydrogen-bond acceptors (Lipinski definition) is 6. The molecule has 0 unspecified atom stereocenters. The molecule has 0 saturated carbocycles. The van der Waals surface area contributed by atoms with Crippen LogP contribution >= 0.6 is 23.6 Å². The molecule has 0 saturated heterocycles. The Morgan fingerprint density at radius 2 is 1.85 bits per heavy atom. The molecule has 0 atom stereocenters. The van der Waals surface area contributed by atoms with Crippen LogP contribution in [0, 0.1) is 13.8 Å². The second kappa shape index (κ2) is 9.45.